The van der Waals surface area contributed by atoms with E-state index >= 15 is 0 Å². The van der Waals surface area contributed by atoms with Gasteiger partial charge in [0.25, 0.3) is 0 Å². The Morgan fingerprint density at radius 1 is 1.39 bits per heavy atom. The highest BCUT2D eigenvalue weighted by Gasteiger charge is 2.30. The van der Waals surface area contributed by atoms with Gasteiger partial charge in [0.05, 0.1) is 6.42 Å². The number of fused-ring (bicyclic) bond motifs is 1. The highest BCUT2D eigenvalue weighted by Crippen LogP contribution is 2.25. The van der Waals surface area contributed by atoms with Gasteiger partial charge in [-0.05, 0) is 25.0 Å². The van der Waals surface area contributed by atoms with Gasteiger partial charge in [-0.1, -0.05) is 18.2 Å². The Hall–Kier alpha value is -1.23. The van der Waals surface area contributed by atoms with Crippen molar-refractivity contribution in [3.8, 4) is 0 Å². The summed E-state index contributed by atoms with van der Waals surface area (Å²) in [7, 11) is 0. The highest BCUT2D eigenvalue weighted by molar-refractivity contribution is 5.56. The van der Waals surface area contributed by atoms with Gasteiger partial charge in [-0.3, -0.25) is 0 Å². The van der Waals surface area contributed by atoms with Crippen LogP contribution >= 0.6 is 0 Å². The van der Waals surface area contributed by atoms with Crippen molar-refractivity contribution in [1.82, 2.24) is 5.32 Å². The van der Waals surface area contributed by atoms with E-state index in [4.69, 9.17) is 0 Å². The molecule has 2 rings (SSSR count). The molecule has 0 saturated heterocycles. The van der Waals surface area contributed by atoms with Gasteiger partial charge in [-0.25, -0.2) is 0 Å². The summed E-state index contributed by atoms with van der Waals surface area (Å²) in [5.74, 6) is 0. The Labute approximate surface area is 105 Å². The SMILES string of the molecule is CC(CC(F)(F)F)NCC1Cc2ccccc2N1. The molecule has 2 nitrogen and oxygen atoms in total. The van der Waals surface area contributed by atoms with E-state index in [1.165, 1.54) is 5.56 Å². The van der Waals surface area contributed by atoms with E-state index < -0.39 is 18.6 Å². The minimum atomic E-state index is -4.10. The van der Waals surface area contributed by atoms with Crippen molar-refractivity contribution in [3.63, 3.8) is 0 Å². The minimum Gasteiger partial charge on any atom is -0.380 e. The van der Waals surface area contributed by atoms with Crippen molar-refractivity contribution >= 4 is 5.69 Å². The predicted octanol–water partition coefficient (Wildman–Crippen LogP) is 2.95. The molecule has 0 radical (unpaired) electrons. The second-order valence-electron chi connectivity index (χ2n) is 4.83. The van der Waals surface area contributed by atoms with Crippen LogP contribution in [0.2, 0.25) is 0 Å². The maximum atomic E-state index is 12.2. The maximum absolute atomic E-state index is 12.2. The highest BCUT2D eigenvalue weighted by atomic mass is 19.4. The van der Waals surface area contributed by atoms with Crippen LogP contribution in [0.3, 0.4) is 0 Å². The summed E-state index contributed by atoms with van der Waals surface area (Å²) in [6.45, 7) is 2.11. The zero-order valence-electron chi connectivity index (χ0n) is 10.2. The maximum Gasteiger partial charge on any atom is 0.390 e. The molecule has 5 heteroatoms. The molecule has 0 aromatic heterocycles. The van der Waals surface area contributed by atoms with Crippen LogP contribution in [0.4, 0.5) is 18.9 Å². The summed E-state index contributed by atoms with van der Waals surface area (Å²) in [6, 6.07) is 7.60. The van der Waals surface area contributed by atoms with Gasteiger partial charge in [-0.15, -0.1) is 0 Å². The lowest BCUT2D eigenvalue weighted by Gasteiger charge is -2.19. The monoisotopic (exact) mass is 258 g/mol. The van der Waals surface area contributed by atoms with Crippen molar-refractivity contribution in [2.75, 3.05) is 11.9 Å². The predicted molar refractivity (Wildman–Crippen MR) is 65.7 cm³/mol. The number of hydrogen-bond donors (Lipinski definition) is 2. The second kappa shape index (κ2) is 5.18. The second-order valence-corrected chi connectivity index (χ2v) is 4.83. The normalized spacial score (nSPS) is 20.3. The first-order chi connectivity index (χ1) is 8.44. The number of alkyl halides is 3. The van der Waals surface area contributed by atoms with E-state index in [1.807, 2.05) is 24.3 Å². The fourth-order valence-corrected chi connectivity index (χ4v) is 2.26. The van der Waals surface area contributed by atoms with Crippen LogP contribution in [-0.4, -0.2) is 24.8 Å². The molecular formula is C13H17F3N2. The number of para-hydroxylation sites is 1. The molecule has 1 aliphatic rings. The first kappa shape index (κ1) is 13.2. The van der Waals surface area contributed by atoms with E-state index in [1.54, 1.807) is 6.92 Å². The summed E-state index contributed by atoms with van der Waals surface area (Å²) in [4.78, 5) is 0. The smallest absolute Gasteiger partial charge is 0.380 e. The van der Waals surface area contributed by atoms with E-state index in [-0.39, 0.29) is 6.04 Å². The van der Waals surface area contributed by atoms with Crippen LogP contribution in [0.25, 0.3) is 0 Å². The molecule has 0 fully saturated rings. The number of anilines is 1. The molecule has 1 heterocycles. The summed E-state index contributed by atoms with van der Waals surface area (Å²) in [5, 5.41) is 6.24. The Bertz CT molecular complexity index is 378. The lowest BCUT2D eigenvalue weighted by molar-refractivity contribution is -0.139. The summed E-state index contributed by atoms with van der Waals surface area (Å²) >= 11 is 0. The molecule has 2 atom stereocenters. The van der Waals surface area contributed by atoms with Gasteiger partial charge in [0, 0.05) is 24.3 Å². The molecule has 0 amide bonds. The molecular weight excluding hydrogens is 241 g/mol. The van der Waals surface area contributed by atoms with Crippen LogP contribution in [0, 0.1) is 0 Å². The van der Waals surface area contributed by atoms with Crippen LogP contribution in [0.1, 0.15) is 18.9 Å². The van der Waals surface area contributed by atoms with E-state index in [0.717, 1.165) is 12.1 Å². The van der Waals surface area contributed by atoms with Crippen LogP contribution < -0.4 is 10.6 Å². The van der Waals surface area contributed by atoms with Crippen molar-refractivity contribution in [1.29, 1.82) is 0 Å². The largest absolute Gasteiger partial charge is 0.390 e. The quantitative estimate of drug-likeness (QED) is 0.867. The third-order valence-corrected chi connectivity index (χ3v) is 3.09. The standard InChI is InChI=1S/C13H17F3N2/c1-9(7-13(14,15)16)17-8-11-6-10-4-2-3-5-12(10)18-11/h2-5,9,11,17-18H,6-8H2,1H3. The summed E-state index contributed by atoms with van der Waals surface area (Å²) < 4.78 is 36.5. The lowest BCUT2D eigenvalue weighted by atomic mass is 10.1. The molecule has 0 saturated carbocycles. The zero-order valence-corrected chi connectivity index (χ0v) is 10.2. The van der Waals surface area contributed by atoms with Gasteiger partial charge in [0.2, 0.25) is 0 Å². The van der Waals surface area contributed by atoms with Crippen LogP contribution in [-0.2, 0) is 6.42 Å². The van der Waals surface area contributed by atoms with Crippen molar-refractivity contribution in [3.05, 3.63) is 29.8 Å². The number of rotatable bonds is 4. The molecule has 0 spiro atoms. The molecule has 2 unspecified atom stereocenters. The van der Waals surface area contributed by atoms with Crippen molar-refractivity contribution in [2.45, 2.75) is 38.0 Å². The average molecular weight is 258 g/mol. The van der Waals surface area contributed by atoms with E-state index in [0.29, 0.717) is 6.54 Å². The molecule has 1 aliphatic heterocycles. The van der Waals surface area contributed by atoms with Gasteiger partial charge < -0.3 is 10.6 Å². The van der Waals surface area contributed by atoms with Gasteiger partial charge in [0.1, 0.15) is 0 Å². The van der Waals surface area contributed by atoms with E-state index in [9.17, 15) is 13.2 Å². The fraction of sp³-hybridized carbons (Fsp3) is 0.538. The molecule has 1 aromatic rings. The first-order valence-corrected chi connectivity index (χ1v) is 6.08. The number of hydrogen-bond acceptors (Lipinski definition) is 2. The number of halogens is 3. The minimum absolute atomic E-state index is 0.179. The Kier molecular flexibility index (Phi) is 3.80. The van der Waals surface area contributed by atoms with Gasteiger partial charge in [-0.2, -0.15) is 13.2 Å². The lowest BCUT2D eigenvalue weighted by Crippen LogP contribution is -2.38. The molecule has 0 aliphatic carbocycles. The van der Waals surface area contributed by atoms with Crippen LogP contribution in [0.5, 0.6) is 0 Å². The average Bonchev–Trinajstić information content (AvgIpc) is 2.66. The van der Waals surface area contributed by atoms with Gasteiger partial charge in [0.15, 0.2) is 0 Å². The first-order valence-electron chi connectivity index (χ1n) is 6.08. The van der Waals surface area contributed by atoms with E-state index in [2.05, 4.69) is 10.6 Å². The molecule has 1 aromatic carbocycles. The zero-order chi connectivity index (χ0) is 13.2. The molecule has 18 heavy (non-hydrogen) atoms. The van der Waals surface area contributed by atoms with Crippen molar-refractivity contribution in [2.24, 2.45) is 0 Å². The Morgan fingerprint density at radius 2 is 2.11 bits per heavy atom. The third kappa shape index (κ3) is 3.63. The number of benzene rings is 1. The summed E-state index contributed by atoms with van der Waals surface area (Å²) in [5.41, 5.74) is 2.32. The Morgan fingerprint density at radius 3 is 2.78 bits per heavy atom. The topological polar surface area (TPSA) is 24.1 Å². The van der Waals surface area contributed by atoms with Crippen molar-refractivity contribution < 1.29 is 13.2 Å². The summed E-state index contributed by atoms with van der Waals surface area (Å²) in [6.07, 6.45) is -4.02. The molecule has 0 bridgehead atoms. The fourth-order valence-electron chi connectivity index (χ4n) is 2.26. The van der Waals surface area contributed by atoms with Gasteiger partial charge >= 0.3 is 6.18 Å². The number of nitrogens with one attached hydrogen (secondary N) is 2. The molecule has 2 N–H and O–H groups in total. The van der Waals surface area contributed by atoms with Crippen LogP contribution in [0.15, 0.2) is 24.3 Å². The third-order valence-electron chi connectivity index (χ3n) is 3.09. The Balaban J connectivity index is 1.77. The molecule has 100 valence electrons.